The molecule has 0 radical (unpaired) electrons. The molecule has 114 valence electrons. The Bertz CT molecular complexity index is 535. The molecule has 5 nitrogen and oxygen atoms in total. The monoisotopic (exact) mass is 354 g/mol. The van der Waals surface area contributed by atoms with E-state index in [1.807, 2.05) is 6.07 Å². The minimum Gasteiger partial charge on any atom is -0.480 e. The lowest BCUT2D eigenvalue weighted by Crippen LogP contribution is -2.57. The number of nitrogens with zero attached hydrogens (tertiary/aromatic N) is 1. The maximum atomic E-state index is 10.9. The number of rotatable bonds is 4. The molecule has 2 N–H and O–H groups in total. The Morgan fingerprint density at radius 3 is 2.62 bits per heavy atom. The van der Waals surface area contributed by atoms with Gasteiger partial charge in [0.2, 0.25) is 0 Å². The number of aromatic nitrogens is 1. The largest absolute Gasteiger partial charge is 0.480 e. The molecule has 2 heterocycles. The van der Waals surface area contributed by atoms with Gasteiger partial charge >= 0.3 is 5.97 Å². The molecule has 0 bridgehead atoms. The van der Waals surface area contributed by atoms with Crippen LogP contribution in [0.2, 0.25) is 0 Å². The van der Waals surface area contributed by atoms with Crippen LogP contribution in [-0.4, -0.2) is 35.8 Å². The SMILES string of the molecule is O=C(O)COC1(c2ccncc2Br)CCC2(CC1)CNC2. The Morgan fingerprint density at radius 2 is 2.10 bits per heavy atom. The molecule has 0 atom stereocenters. The summed E-state index contributed by atoms with van der Waals surface area (Å²) in [7, 11) is 0. The van der Waals surface area contributed by atoms with E-state index >= 15 is 0 Å². The van der Waals surface area contributed by atoms with Crippen molar-refractivity contribution in [2.45, 2.75) is 31.3 Å². The number of carboxylic acid groups (broad SMARTS) is 1. The highest BCUT2D eigenvalue weighted by Crippen LogP contribution is 2.50. The van der Waals surface area contributed by atoms with E-state index < -0.39 is 11.6 Å². The van der Waals surface area contributed by atoms with E-state index in [-0.39, 0.29) is 6.61 Å². The van der Waals surface area contributed by atoms with Crippen molar-refractivity contribution in [2.24, 2.45) is 5.41 Å². The van der Waals surface area contributed by atoms with Crippen LogP contribution in [0.25, 0.3) is 0 Å². The Labute approximate surface area is 132 Å². The highest BCUT2D eigenvalue weighted by atomic mass is 79.9. The highest BCUT2D eigenvalue weighted by Gasteiger charge is 2.48. The highest BCUT2D eigenvalue weighted by molar-refractivity contribution is 9.10. The summed E-state index contributed by atoms with van der Waals surface area (Å²) in [6.45, 7) is 1.87. The molecule has 1 aromatic rings. The summed E-state index contributed by atoms with van der Waals surface area (Å²) in [5, 5.41) is 12.3. The topological polar surface area (TPSA) is 71.5 Å². The summed E-state index contributed by atoms with van der Waals surface area (Å²) in [5.41, 5.74) is 0.900. The molecule has 1 aliphatic heterocycles. The van der Waals surface area contributed by atoms with E-state index in [0.29, 0.717) is 5.41 Å². The zero-order chi connectivity index (χ0) is 14.9. The second-order valence-electron chi connectivity index (χ2n) is 6.14. The number of nitrogens with one attached hydrogen (secondary N) is 1. The lowest BCUT2D eigenvalue weighted by Gasteiger charge is -2.51. The summed E-state index contributed by atoms with van der Waals surface area (Å²) in [6, 6.07) is 1.93. The number of pyridine rings is 1. The first kappa shape index (κ1) is 14.9. The average Bonchev–Trinajstić information content (AvgIpc) is 2.44. The van der Waals surface area contributed by atoms with Crippen molar-refractivity contribution in [2.75, 3.05) is 19.7 Å². The molecular weight excluding hydrogens is 336 g/mol. The van der Waals surface area contributed by atoms with Gasteiger partial charge in [-0.05, 0) is 53.1 Å². The number of aliphatic carboxylic acids is 1. The minimum atomic E-state index is -0.926. The van der Waals surface area contributed by atoms with Crippen LogP contribution in [0.3, 0.4) is 0 Å². The van der Waals surface area contributed by atoms with Gasteiger partial charge in [-0.1, -0.05) is 0 Å². The summed E-state index contributed by atoms with van der Waals surface area (Å²) in [6.07, 6.45) is 7.32. The van der Waals surface area contributed by atoms with Crippen LogP contribution in [0.4, 0.5) is 0 Å². The normalized spacial score (nSPS) is 22.7. The smallest absolute Gasteiger partial charge is 0.329 e. The van der Waals surface area contributed by atoms with Crippen LogP contribution in [0.1, 0.15) is 31.2 Å². The van der Waals surface area contributed by atoms with Crippen molar-refractivity contribution in [3.05, 3.63) is 28.5 Å². The lowest BCUT2D eigenvalue weighted by atomic mass is 9.64. The van der Waals surface area contributed by atoms with Crippen molar-refractivity contribution < 1.29 is 14.6 Å². The maximum Gasteiger partial charge on any atom is 0.329 e. The fourth-order valence-corrected chi connectivity index (χ4v) is 4.06. The summed E-state index contributed by atoms with van der Waals surface area (Å²) in [4.78, 5) is 15.0. The van der Waals surface area contributed by atoms with E-state index in [0.717, 1.165) is 48.8 Å². The Balaban J connectivity index is 1.85. The quantitative estimate of drug-likeness (QED) is 0.867. The Kier molecular flexibility index (Phi) is 4.03. The first-order valence-electron chi connectivity index (χ1n) is 7.22. The molecule has 0 unspecified atom stereocenters. The zero-order valence-electron chi connectivity index (χ0n) is 11.8. The zero-order valence-corrected chi connectivity index (χ0v) is 13.4. The molecule has 6 heteroatoms. The molecule has 0 aromatic carbocycles. The Hall–Kier alpha value is -0.980. The van der Waals surface area contributed by atoms with Crippen LogP contribution in [-0.2, 0) is 15.1 Å². The number of hydrogen-bond acceptors (Lipinski definition) is 4. The van der Waals surface area contributed by atoms with Gasteiger partial charge in [0.1, 0.15) is 6.61 Å². The van der Waals surface area contributed by atoms with Gasteiger partial charge in [-0.3, -0.25) is 4.98 Å². The van der Waals surface area contributed by atoms with Crippen molar-refractivity contribution >= 4 is 21.9 Å². The third kappa shape index (κ3) is 2.84. The molecular formula is C15H19BrN2O3. The second-order valence-corrected chi connectivity index (χ2v) is 6.99. The predicted molar refractivity (Wildman–Crippen MR) is 81.0 cm³/mol. The molecule has 2 fully saturated rings. The van der Waals surface area contributed by atoms with Gasteiger partial charge in [-0.15, -0.1) is 0 Å². The van der Waals surface area contributed by atoms with Crippen LogP contribution in [0.15, 0.2) is 22.9 Å². The molecule has 1 aliphatic carbocycles. The van der Waals surface area contributed by atoms with Crippen LogP contribution in [0.5, 0.6) is 0 Å². The van der Waals surface area contributed by atoms with Gasteiger partial charge in [-0.25, -0.2) is 4.79 Å². The maximum absolute atomic E-state index is 10.9. The third-order valence-corrected chi connectivity index (χ3v) is 5.49. The van der Waals surface area contributed by atoms with Gasteiger partial charge in [0.25, 0.3) is 0 Å². The van der Waals surface area contributed by atoms with E-state index in [1.165, 1.54) is 0 Å². The van der Waals surface area contributed by atoms with Gasteiger partial charge in [0.15, 0.2) is 0 Å². The number of carbonyl (C=O) groups is 1. The molecule has 1 spiro atoms. The molecule has 0 amide bonds. The van der Waals surface area contributed by atoms with Gasteiger partial charge < -0.3 is 15.2 Å². The number of carboxylic acids is 1. The molecule has 1 saturated carbocycles. The average molecular weight is 355 g/mol. The lowest BCUT2D eigenvalue weighted by molar-refractivity contribution is -0.157. The first-order valence-corrected chi connectivity index (χ1v) is 8.01. The van der Waals surface area contributed by atoms with E-state index in [1.54, 1.807) is 12.4 Å². The van der Waals surface area contributed by atoms with Crippen LogP contribution in [0, 0.1) is 5.41 Å². The minimum absolute atomic E-state index is 0.264. The predicted octanol–water partition coefficient (Wildman–Crippen LogP) is 2.30. The summed E-state index contributed by atoms with van der Waals surface area (Å²) >= 11 is 3.53. The van der Waals surface area contributed by atoms with E-state index in [9.17, 15) is 4.79 Å². The first-order chi connectivity index (χ1) is 10.1. The number of ether oxygens (including phenoxy) is 1. The fourth-order valence-electron chi connectivity index (χ4n) is 3.45. The molecule has 3 rings (SSSR count). The van der Waals surface area contributed by atoms with E-state index in [2.05, 4.69) is 26.2 Å². The van der Waals surface area contributed by atoms with Crippen molar-refractivity contribution in [3.63, 3.8) is 0 Å². The second kappa shape index (κ2) is 5.66. The van der Waals surface area contributed by atoms with Crippen LogP contribution < -0.4 is 5.32 Å². The van der Waals surface area contributed by atoms with E-state index in [4.69, 9.17) is 9.84 Å². The van der Waals surface area contributed by atoms with Crippen molar-refractivity contribution in [1.82, 2.24) is 10.3 Å². The standard InChI is InChI=1S/C15H19BrN2O3/c16-12-7-17-6-1-11(12)15(21-8-13(19)20)4-2-14(3-5-15)9-18-10-14/h1,6-7,18H,2-5,8-10H2,(H,19,20). The fraction of sp³-hybridized carbons (Fsp3) is 0.600. The molecule has 1 aromatic heterocycles. The summed E-state index contributed by atoms with van der Waals surface area (Å²) in [5.74, 6) is -0.926. The number of halogens is 1. The van der Waals surface area contributed by atoms with Gasteiger partial charge in [0.05, 0.1) is 5.60 Å². The van der Waals surface area contributed by atoms with Crippen molar-refractivity contribution in [1.29, 1.82) is 0 Å². The van der Waals surface area contributed by atoms with Gasteiger partial charge in [0, 0.05) is 35.5 Å². The van der Waals surface area contributed by atoms with Crippen molar-refractivity contribution in [3.8, 4) is 0 Å². The number of hydrogen-bond donors (Lipinski definition) is 2. The Morgan fingerprint density at radius 1 is 1.38 bits per heavy atom. The molecule has 21 heavy (non-hydrogen) atoms. The molecule has 2 aliphatic rings. The van der Waals surface area contributed by atoms with Gasteiger partial charge in [-0.2, -0.15) is 0 Å². The van der Waals surface area contributed by atoms with Crippen LogP contribution >= 0.6 is 15.9 Å². The third-order valence-electron chi connectivity index (χ3n) is 4.85. The molecule has 1 saturated heterocycles. The summed E-state index contributed by atoms with van der Waals surface area (Å²) < 4.78 is 6.77.